The van der Waals surface area contributed by atoms with E-state index in [4.69, 9.17) is 0 Å². The van der Waals surface area contributed by atoms with Crippen LogP contribution in [0.3, 0.4) is 0 Å². The molecule has 1 heterocycles. The number of anilines is 1. The Bertz CT molecular complexity index is 706. The summed E-state index contributed by atoms with van der Waals surface area (Å²) in [5, 5.41) is 0. The average Bonchev–Trinajstić information content (AvgIpc) is 2.62. The van der Waals surface area contributed by atoms with Gasteiger partial charge in [-0.05, 0) is 29.8 Å². The molecule has 25 heavy (non-hydrogen) atoms. The molecule has 0 spiro atoms. The quantitative estimate of drug-likeness (QED) is 0.846. The summed E-state index contributed by atoms with van der Waals surface area (Å²) in [6.07, 6.45) is -4.22. The van der Waals surface area contributed by atoms with Crippen molar-refractivity contribution in [2.45, 2.75) is 12.6 Å². The van der Waals surface area contributed by atoms with Gasteiger partial charge in [-0.15, -0.1) is 0 Å². The number of para-hydroxylation sites is 1. The number of benzene rings is 2. The van der Waals surface area contributed by atoms with E-state index in [1.807, 2.05) is 30.3 Å². The first-order valence-corrected chi connectivity index (χ1v) is 8.17. The van der Waals surface area contributed by atoms with E-state index in [1.54, 1.807) is 4.90 Å². The molecule has 3 rings (SSSR count). The Hall–Kier alpha value is -2.50. The standard InChI is InChI=1S/C19H19F3N2O/c20-19(21,22)16-8-6-15(7-9-16)14-18(25)24-12-10-23(11-13-24)17-4-2-1-3-5-17/h1-9H,10-14H2. The van der Waals surface area contributed by atoms with Crippen molar-refractivity contribution < 1.29 is 18.0 Å². The van der Waals surface area contributed by atoms with Crippen LogP contribution in [0.1, 0.15) is 11.1 Å². The van der Waals surface area contributed by atoms with Gasteiger partial charge in [-0.2, -0.15) is 13.2 Å². The van der Waals surface area contributed by atoms with Crippen LogP contribution >= 0.6 is 0 Å². The van der Waals surface area contributed by atoms with Gasteiger partial charge in [0.15, 0.2) is 0 Å². The van der Waals surface area contributed by atoms with E-state index in [1.165, 1.54) is 12.1 Å². The average molecular weight is 348 g/mol. The van der Waals surface area contributed by atoms with E-state index in [2.05, 4.69) is 4.90 Å². The lowest BCUT2D eigenvalue weighted by Gasteiger charge is -2.36. The molecule has 6 heteroatoms. The number of carbonyl (C=O) groups excluding carboxylic acids is 1. The Kier molecular flexibility index (Phi) is 4.97. The SMILES string of the molecule is O=C(Cc1ccc(C(F)(F)F)cc1)N1CCN(c2ccccc2)CC1. The molecule has 1 aliphatic heterocycles. The van der Waals surface area contributed by atoms with E-state index >= 15 is 0 Å². The van der Waals surface area contributed by atoms with Gasteiger partial charge in [0.1, 0.15) is 0 Å². The van der Waals surface area contributed by atoms with Crippen molar-refractivity contribution in [3.63, 3.8) is 0 Å². The fourth-order valence-electron chi connectivity index (χ4n) is 2.95. The molecule has 0 radical (unpaired) electrons. The highest BCUT2D eigenvalue weighted by molar-refractivity contribution is 5.79. The number of alkyl halides is 3. The maximum atomic E-state index is 12.6. The van der Waals surface area contributed by atoms with Crippen molar-refractivity contribution in [1.82, 2.24) is 4.90 Å². The third kappa shape index (κ3) is 4.32. The van der Waals surface area contributed by atoms with Crippen molar-refractivity contribution in [1.29, 1.82) is 0 Å². The van der Waals surface area contributed by atoms with E-state index in [0.717, 1.165) is 30.9 Å². The summed E-state index contributed by atoms with van der Waals surface area (Å²) in [6, 6.07) is 14.8. The van der Waals surface area contributed by atoms with Crippen molar-refractivity contribution in [2.75, 3.05) is 31.1 Å². The van der Waals surface area contributed by atoms with Crippen LogP contribution in [0.15, 0.2) is 54.6 Å². The summed E-state index contributed by atoms with van der Waals surface area (Å²) in [5.41, 5.74) is 1.04. The molecular weight excluding hydrogens is 329 g/mol. The molecule has 2 aromatic rings. The zero-order valence-corrected chi connectivity index (χ0v) is 13.7. The highest BCUT2D eigenvalue weighted by Crippen LogP contribution is 2.29. The normalized spacial score (nSPS) is 15.3. The topological polar surface area (TPSA) is 23.6 Å². The van der Waals surface area contributed by atoms with Gasteiger partial charge in [0.2, 0.25) is 5.91 Å². The molecule has 1 aliphatic rings. The Morgan fingerprint density at radius 2 is 1.48 bits per heavy atom. The van der Waals surface area contributed by atoms with Gasteiger partial charge in [-0.3, -0.25) is 4.79 Å². The summed E-state index contributed by atoms with van der Waals surface area (Å²) in [6.45, 7) is 2.74. The number of hydrogen-bond donors (Lipinski definition) is 0. The highest BCUT2D eigenvalue weighted by atomic mass is 19.4. The lowest BCUT2D eigenvalue weighted by atomic mass is 10.1. The first-order chi connectivity index (χ1) is 11.9. The van der Waals surface area contributed by atoms with Crippen molar-refractivity contribution in [2.24, 2.45) is 0 Å². The largest absolute Gasteiger partial charge is 0.416 e. The van der Waals surface area contributed by atoms with Crippen molar-refractivity contribution in [3.8, 4) is 0 Å². The van der Waals surface area contributed by atoms with Crippen molar-refractivity contribution in [3.05, 3.63) is 65.7 Å². The van der Waals surface area contributed by atoms with Crippen LogP contribution in [-0.2, 0) is 17.4 Å². The molecule has 0 aliphatic carbocycles. The maximum Gasteiger partial charge on any atom is 0.416 e. The van der Waals surface area contributed by atoms with Crippen LogP contribution in [0.5, 0.6) is 0 Å². The molecule has 0 bridgehead atoms. The van der Waals surface area contributed by atoms with Gasteiger partial charge in [-0.1, -0.05) is 30.3 Å². The molecule has 0 aromatic heterocycles. The Morgan fingerprint density at radius 1 is 0.880 bits per heavy atom. The second-order valence-corrected chi connectivity index (χ2v) is 6.07. The van der Waals surface area contributed by atoms with Crippen LogP contribution in [0.2, 0.25) is 0 Å². The molecule has 1 saturated heterocycles. The zero-order valence-electron chi connectivity index (χ0n) is 13.7. The predicted octanol–water partition coefficient (Wildman–Crippen LogP) is 3.60. The minimum Gasteiger partial charge on any atom is -0.368 e. The second kappa shape index (κ2) is 7.17. The van der Waals surface area contributed by atoms with Gasteiger partial charge in [0.25, 0.3) is 0 Å². The first kappa shape index (κ1) is 17.3. The van der Waals surface area contributed by atoms with Crippen LogP contribution < -0.4 is 4.90 Å². The first-order valence-electron chi connectivity index (χ1n) is 8.17. The van der Waals surface area contributed by atoms with Crippen LogP contribution in [-0.4, -0.2) is 37.0 Å². The molecule has 3 nitrogen and oxygen atoms in total. The number of halogens is 3. The van der Waals surface area contributed by atoms with Crippen LogP contribution in [0.4, 0.5) is 18.9 Å². The molecular formula is C19H19F3N2O. The molecule has 0 N–H and O–H groups in total. The van der Waals surface area contributed by atoms with Gasteiger partial charge >= 0.3 is 6.18 Å². The Labute approximate surface area is 144 Å². The third-order valence-electron chi connectivity index (χ3n) is 4.39. The van der Waals surface area contributed by atoms with Gasteiger partial charge in [-0.25, -0.2) is 0 Å². The number of nitrogens with zero attached hydrogens (tertiary/aromatic N) is 2. The number of amides is 1. The fraction of sp³-hybridized carbons (Fsp3) is 0.316. The molecule has 0 unspecified atom stereocenters. The molecule has 1 amide bonds. The summed E-state index contributed by atoms with van der Waals surface area (Å²) in [7, 11) is 0. The summed E-state index contributed by atoms with van der Waals surface area (Å²) in [4.78, 5) is 16.4. The number of hydrogen-bond acceptors (Lipinski definition) is 2. The smallest absolute Gasteiger partial charge is 0.368 e. The molecule has 0 atom stereocenters. The van der Waals surface area contributed by atoms with Gasteiger partial charge < -0.3 is 9.80 Å². The monoisotopic (exact) mass is 348 g/mol. The van der Waals surface area contributed by atoms with E-state index in [0.29, 0.717) is 18.7 Å². The minimum absolute atomic E-state index is 0.0486. The Balaban J connectivity index is 1.54. The maximum absolute atomic E-state index is 12.6. The zero-order chi connectivity index (χ0) is 17.9. The Morgan fingerprint density at radius 3 is 2.04 bits per heavy atom. The lowest BCUT2D eigenvalue weighted by molar-refractivity contribution is -0.137. The second-order valence-electron chi connectivity index (χ2n) is 6.07. The molecule has 2 aromatic carbocycles. The van der Waals surface area contributed by atoms with Gasteiger partial charge in [0, 0.05) is 31.9 Å². The van der Waals surface area contributed by atoms with E-state index in [-0.39, 0.29) is 12.3 Å². The van der Waals surface area contributed by atoms with Crippen LogP contribution in [0.25, 0.3) is 0 Å². The van der Waals surface area contributed by atoms with Crippen LogP contribution in [0, 0.1) is 0 Å². The third-order valence-corrected chi connectivity index (χ3v) is 4.39. The van der Waals surface area contributed by atoms with E-state index < -0.39 is 11.7 Å². The fourth-order valence-corrected chi connectivity index (χ4v) is 2.95. The summed E-state index contributed by atoms with van der Waals surface area (Å²) < 4.78 is 37.7. The minimum atomic E-state index is -4.35. The highest BCUT2D eigenvalue weighted by Gasteiger charge is 2.30. The molecule has 0 saturated carbocycles. The van der Waals surface area contributed by atoms with Crippen molar-refractivity contribution >= 4 is 11.6 Å². The number of carbonyl (C=O) groups is 1. The summed E-state index contributed by atoms with van der Waals surface area (Å²) >= 11 is 0. The van der Waals surface area contributed by atoms with Gasteiger partial charge in [0.05, 0.1) is 12.0 Å². The predicted molar refractivity (Wildman–Crippen MR) is 90.4 cm³/mol. The lowest BCUT2D eigenvalue weighted by Crippen LogP contribution is -2.49. The molecule has 1 fully saturated rings. The number of piperazine rings is 1. The summed E-state index contributed by atoms with van der Waals surface area (Å²) in [5.74, 6) is -0.0486. The molecule has 132 valence electrons. The van der Waals surface area contributed by atoms with E-state index in [9.17, 15) is 18.0 Å². The number of rotatable bonds is 3.